The Bertz CT molecular complexity index is 918. The summed E-state index contributed by atoms with van der Waals surface area (Å²) in [5, 5.41) is 9.39. The number of carbonyl (C=O) groups excluding carboxylic acids is 1. The lowest BCUT2D eigenvalue weighted by molar-refractivity contribution is -0.143. The summed E-state index contributed by atoms with van der Waals surface area (Å²) >= 11 is 6.07. The van der Waals surface area contributed by atoms with Crippen LogP contribution in [0.15, 0.2) is 35.6 Å². The molecule has 2 aromatic rings. The Morgan fingerprint density at radius 3 is 2.76 bits per heavy atom. The van der Waals surface area contributed by atoms with Crippen LogP contribution in [0, 0.1) is 6.92 Å². The van der Waals surface area contributed by atoms with Crippen molar-refractivity contribution in [2.24, 2.45) is 5.16 Å². The largest absolute Gasteiger partial charge is 0.382 e. The topological polar surface area (TPSA) is 63.0 Å². The van der Waals surface area contributed by atoms with Gasteiger partial charge in [0.15, 0.2) is 0 Å². The van der Waals surface area contributed by atoms with Gasteiger partial charge in [-0.15, -0.1) is 0 Å². The zero-order chi connectivity index (χ0) is 20.4. The molecule has 1 unspecified atom stereocenters. The van der Waals surface area contributed by atoms with E-state index in [0.29, 0.717) is 19.5 Å². The van der Waals surface area contributed by atoms with Gasteiger partial charge in [0.1, 0.15) is 0 Å². The molecule has 0 spiro atoms. The quantitative estimate of drug-likeness (QED) is 0.753. The number of aromatic nitrogens is 2. The standard InChI is InChI=1S/C21H26ClN5O2/c1-3-27-14-18(15(2)23-27)19-12-20(29-24-19)21(28)26-9-7-25(8-10-26)13-16-5-4-6-17(22)11-16/h4-6,11,14,20H,3,7-10,12-13H2,1-2H3. The van der Waals surface area contributed by atoms with E-state index in [1.54, 1.807) is 0 Å². The Morgan fingerprint density at radius 1 is 1.28 bits per heavy atom. The van der Waals surface area contributed by atoms with E-state index < -0.39 is 6.10 Å². The summed E-state index contributed by atoms with van der Waals surface area (Å²) in [5.41, 5.74) is 3.88. The van der Waals surface area contributed by atoms with Gasteiger partial charge in [-0.3, -0.25) is 14.4 Å². The predicted molar refractivity (Wildman–Crippen MR) is 112 cm³/mol. The molecule has 2 aliphatic heterocycles. The highest BCUT2D eigenvalue weighted by Crippen LogP contribution is 2.21. The fourth-order valence-electron chi connectivity index (χ4n) is 3.86. The Kier molecular flexibility index (Phi) is 5.87. The first-order valence-electron chi connectivity index (χ1n) is 10.1. The van der Waals surface area contributed by atoms with Crippen LogP contribution >= 0.6 is 11.6 Å². The molecule has 1 amide bonds. The summed E-state index contributed by atoms with van der Waals surface area (Å²) in [7, 11) is 0. The number of rotatable bonds is 5. The van der Waals surface area contributed by atoms with Gasteiger partial charge in [-0.05, 0) is 31.5 Å². The third kappa shape index (κ3) is 4.46. The number of hydrogen-bond acceptors (Lipinski definition) is 5. The second-order valence-corrected chi connectivity index (χ2v) is 7.99. The number of piperazine rings is 1. The first kappa shape index (κ1) is 19.9. The maximum atomic E-state index is 12.9. The second-order valence-electron chi connectivity index (χ2n) is 7.55. The van der Waals surface area contributed by atoms with Crippen LogP contribution in [0.1, 0.15) is 30.2 Å². The maximum absolute atomic E-state index is 12.9. The van der Waals surface area contributed by atoms with E-state index in [9.17, 15) is 4.79 Å². The molecule has 154 valence electrons. The molecule has 1 atom stereocenters. The highest BCUT2D eigenvalue weighted by atomic mass is 35.5. The van der Waals surface area contributed by atoms with Gasteiger partial charge < -0.3 is 9.74 Å². The fraction of sp³-hybridized carbons (Fsp3) is 0.476. The van der Waals surface area contributed by atoms with E-state index in [2.05, 4.69) is 21.2 Å². The number of carbonyl (C=O) groups is 1. The van der Waals surface area contributed by atoms with Gasteiger partial charge in [-0.25, -0.2) is 0 Å². The van der Waals surface area contributed by atoms with Crippen LogP contribution < -0.4 is 0 Å². The van der Waals surface area contributed by atoms with Gasteiger partial charge in [-0.2, -0.15) is 5.10 Å². The number of halogens is 1. The molecule has 7 nitrogen and oxygen atoms in total. The molecule has 1 saturated heterocycles. The Labute approximate surface area is 175 Å². The minimum absolute atomic E-state index is 0.0201. The van der Waals surface area contributed by atoms with Crippen molar-refractivity contribution < 1.29 is 9.63 Å². The highest BCUT2D eigenvalue weighted by Gasteiger charge is 2.34. The van der Waals surface area contributed by atoms with E-state index in [1.807, 2.05) is 47.8 Å². The molecule has 8 heteroatoms. The molecule has 0 bridgehead atoms. The normalized spacial score (nSPS) is 19.9. The number of amides is 1. The number of oxime groups is 1. The fourth-order valence-corrected chi connectivity index (χ4v) is 4.07. The van der Waals surface area contributed by atoms with Gasteiger partial charge >= 0.3 is 0 Å². The molecule has 1 aromatic carbocycles. The van der Waals surface area contributed by atoms with Gasteiger partial charge in [0.25, 0.3) is 5.91 Å². The summed E-state index contributed by atoms with van der Waals surface area (Å²) in [6.45, 7) is 8.71. The predicted octanol–water partition coefficient (Wildman–Crippen LogP) is 2.70. The highest BCUT2D eigenvalue weighted by molar-refractivity contribution is 6.30. The zero-order valence-corrected chi connectivity index (χ0v) is 17.6. The summed E-state index contributed by atoms with van der Waals surface area (Å²) in [4.78, 5) is 22.6. The summed E-state index contributed by atoms with van der Waals surface area (Å²) in [6, 6.07) is 7.93. The molecule has 0 radical (unpaired) electrons. The molecule has 2 aliphatic rings. The maximum Gasteiger partial charge on any atom is 0.266 e. The average Bonchev–Trinajstić information content (AvgIpc) is 3.34. The average molecular weight is 416 g/mol. The van der Waals surface area contributed by atoms with Gasteiger partial charge in [0.2, 0.25) is 6.10 Å². The number of aryl methyl sites for hydroxylation is 2. The zero-order valence-electron chi connectivity index (χ0n) is 16.8. The van der Waals surface area contributed by atoms with Gasteiger partial charge in [-0.1, -0.05) is 28.9 Å². The van der Waals surface area contributed by atoms with E-state index >= 15 is 0 Å². The van der Waals surface area contributed by atoms with Crippen molar-refractivity contribution in [1.82, 2.24) is 19.6 Å². The van der Waals surface area contributed by atoms with Crippen LogP contribution in [-0.2, 0) is 22.7 Å². The SMILES string of the molecule is CCn1cc(C2=NOC(C(=O)N3CCN(Cc4cccc(Cl)c4)CC3)C2)c(C)n1. The first-order chi connectivity index (χ1) is 14.0. The van der Waals surface area contributed by atoms with Crippen molar-refractivity contribution in [3.05, 3.63) is 52.3 Å². The van der Waals surface area contributed by atoms with Crippen molar-refractivity contribution >= 4 is 23.2 Å². The minimum atomic E-state index is -0.533. The third-order valence-electron chi connectivity index (χ3n) is 5.50. The van der Waals surface area contributed by atoms with Crippen LogP contribution in [0.3, 0.4) is 0 Å². The molecule has 3 heterocycles. The molecule has 4 rings (SSSR count). The molecule has 1 aromatic heterocycles. The molecular formula is C21H26ClN5O2. The van der Waals surface area contributed by atoms with Crippen molar-refractivity contribution in [2.45, 2.75) is 39.5 Å². The molecule has 0 N–H and O–H groups in total. The lowest BCUT2D eigenvalue weighted by Gasteiger charge is -2.35. The Hall–Kier alpha value is -2.38. The second kappa shape index (κ2) is 8.55. The van der Waals surface area contributed by atoms with E-state index in [-0.39, 0.29) is 5.91 Å². The van der Waals surface area contributed by atoms with Gasteiger partial charge in [0.05, 0.1) is 11.4 Å². The molecule has 0 aliphatic carbocycles. The smallest absolute Gasteiger partial charge is 0.266 e. The van der Waals surface area contributed by atoms with Crippen LogP contribution in [0.5, 0.6) is 0 Å². The van der Waals surface area contributed by atoms with Gasteiger partial charge in [0, 0.05) is 62.5 Å². The molecule has 1 fully saturated rings. The molecule has 29 heavy (non-hydrogen) atoms. The number of nitrogens with zero attached hydrogens (tertiary/aromatic N) is 5. The third-order valence-corrected chi connectivity index (χ3v) is 5.74. The first-order valence-corrected chi connectivity index (χ1v) is 10.4. The number of hydrogen-bond donors (Lipinski definition) is 0. The molecular weight excluding hydrogens is 390 g/mol. The summed E-state index contributed by atoms with van der Waals surface area (Å²) < 4.78 is 1.88. The van der Waals surface area contributed by atoms with E-state index in [0.717, 1.165) is 48.2 Å². The van der Waals surface area contributed by atoms with Crippen LogP contribution in [-0.4, -0.2) is 63.5 Å². The van der Waals surface area contributed by atoms with Crippen LogP contribution in [0.25, 0.3) is 0 Å². The number of benzene rings is 1. The lowest BCUT2D eigenvalue weighted by atomic mass is 10.1. The van der Waals surface area contributed by atoms with Crippen molar-refractivity contribution in [2.75, 3.05) is 26.2 Å². The van der Waals surface area contributed by atoms with E-state index in [1.165, 1.54) is 5.56 Å². The molecule has 0 saturated carbocycles. The minimum Gasteiger partial charge on any atom is -0.382 e. The lowest BCUT2D eigenvalue weighted by Crippen LogP contribution is -2.51. The Morgan fingerprint density at radius 2 is 2.07 bits per heavy atom. The van der Waals surface area contributed by atoms with Crippen molar-refractivity contribution in [1.29, 1.82) is 0 Å². The van der Waals surface area contributed by atoms with Crippen molar-refractivity contribution in [3.63, 3.8) is 0 Å². The summed E-state index contributed by atoms with van der Waals surface area (Å²) in [5.74, 6) is 0.0201. The van der Waals surface area contributed by atoms with Crippen LogP contribution in [0.2, 0.25) is 5.02 Å². The summed E-state index contributed by atoms with van der Waals surface area (Å²) in [6.07, 6.45) is 1.94. The van der Waals surface area contributed by atoms with E-state index in [4.69, 9.17) is 16.4 Å². The van der Waals surface area contributed by atoms with Crippen molar-refractivity contribution in [3.8, 4) is 0 Å². The van der Waals surface area contributed by atoms with Crippen LogP contribution in [0.4, 0.5) is 0 Å². The Balaban J connectivity index is 1.29. The monoisotopic (exact) mass is 415 g/mol.